The SMILES string of the molecule is CC1CCCCN1CCCNc1cccnc1[N+](=O)[O-]. The average Bonchev–Trinajstić information content (AvgIpc) is 2.45. The second-order valence-corrected chi connectivity index (χ2v) is 5.29. The van der Waals surface area contributed by atoms with Crippen LogP contribution in [0.2, 0.25) is 0 Å². The zero-order chi connectivity index (χ0) is 14.4. The number of aromatic nitrogens is 1. The maximum atomic E-state index is 10.8. The van der Waals surface area contributed by atoms with E-state index >= 15 is 0 Å². The molecule has 20 heavy (non-hydrogen) atoms. The lowest BCUT2D eigenvalue weighted by Crippen LogP contribution is -2.38. The third kappa shape index (κ3) is 3.90. The van der Waals surface area contributed by atoms with Crippen LogP contribution in [0.25, 0.3) is 0 Å². The lowest BCUT2D eigenvalue weighted by molar-refractivity contribution is -0.388. The molecule has 1 N–H and O–H groups in total. The zero-order valence-electron chi connectivity index (χ0n) is 11.9. The number of likely N-dealkylation sites (tertiary alicyclic amines) is 1. The second kappa shape index (κ2) is 7.19. The van der Waals surface area contributed by atoms with Gasteiger partial charge in [0.25, 0.3) is 0 Å². The Hall–Kier alpha value is -1.69. The molecular weight excluding hydrogens is 256 g/mol. The third-order valence-corrected chi connectivity index (χ3v) is 3.84. The number of hydrogen-bond acceptors (Lipinski definition) is 5. The van der Waals surface area contributed by atoms with Crippen LogP contribution in [0.15, 0.2) is 18.3 Å². The van der Waals surface area contributed by atoms with Crippen molar-refractivity contribution >= 4 is 11.5 Å². The van der Waals surface area contributed by atoms with Gasteiger partial charge in [0.15, 0.2) is 0 Å². The molecule has 0 spiro atoms. The number of piperidine rings is 1. The first-order chi connectivity index (χ1) is 9.68. The molecule has 0 amide bonds. The molecule has 1 aliphatic heterocycles. The Balaban J connectivity index is 1.77. The highest BCUT2D eigenvalue weighted by molar-refractivity contribution is 5.56. The number of nitrogens with zero attached hydrogens (tertiary/aromatic N) is 3. The van der Waals surface area contributed by atoms with Crippen LogP contribution in [0.1, 0.15) is 32.6 Å². The molecule has 0 aromatic carbocycles. The van der Waals surface area contributed by atoms with E-state index in [4.69, 9.17) is 0 Å². The largest absolute Gasteiger partial charge is 0.386 e. The van der Waals surface area contributed by atoms with Crippen LogP contribution < -0.4 is 5.32 Å². The number of rotatable bonds is 6. The average molecular weight is 278 g/mol. The molecule has 1 aromatic heterocycles. The van der Waals surface area contributed by atoms with Crippen LogP contribution in [-0.2, 0) is 0 Å². The lowest BCUT2D eigenvalue weighted by Gasteiger charge is -2.33. The van der Waals surface area contributed by atoms with Crippen molar-refractivity contribution in [3.8, 4) is 0 Å². The Labute approximate surface area is 119 Å². The van der Waals surface area contributed by atoms with Gasteiger partial charge in [-0.15, -0.1) is 0 Å². The molecular formula is C14H22N4O2. The molecule has 0 aliphatic carbocycles. The minimum atomic E-state index is -0.449. The molecule has 0 bridgehead atoms. The standard InChI is InChI=1S/C14H22N4O2/c1-12-6-2-3-10-17(12)11-5-9-15-13-7-4-8-16-14(13)18(19)20/h4,7-8,12,15H,2-3,5-6,9-11H2,1H3. The van der Waals surface area contributed by atoms with Crippen LogP contribution in [0, 0.1) is 10.1 Å². The highest BCUT2D eigenvalue weighted by atomic mass is 16.6. The maximum absolute atomic E-state index is 10.8. The summed E-state index contributed by atoms with van der Waals surface area (Å²) < 4.78 is 0. The number of hydrogen-bond donors (Lipinski definition) is 1. The predicted molar refractivity (Wildman–Crippen MR) is 78.9 cm³/mol. The first-order valence-electron chi connectivity index (χ1n) is 7.26. The van der Waals surface area contributed by atoms with Gasteiger partial charge in [0.1, 0.15) is 11.9 Å². The number of anilines is 1. The molecule has 6 heteroatoms. The van der Waals surface area contributed by atoms with Crippen LogP contribution in [0.5, 0.6) is 0 Å². The van der Waals surface area contributed by atoms with Crippen molar-refractivity contribution in [1.29, 1.82) is 0 Å². The van der Waals surface area contributed by atoms with Gasteiger partial charge in [-0.3, -0.25) is 0 Å². The van der Waals surface area contributed by atoms with Gasteiger partial charge in [-0.05, 0) is 54.8 Å². The highest BCUT2D eigenvalue weighted by Gasteiger charge is 2.17. The molecule has 0 saturated carbocycles. The maximum Gasteiger partial charge on any atom is 0.386 e. The van der Waals surface area contributed by atoms with Crippen LogP contribution in [0.4, 0.5) is 11.5 Å². The van der Waals surface area contributed by atoms with Crippen LogP contribution in [0.3, 0.4) is 0 Å². The van der Waals surface area contributed by atoms with E-state index in [0.29, 0.717) is 11.7 Å². The molecule has 1 aliphatic rings. The van der Waals surface area contributed by atoms with E-state index in [2.05, 4.69) is 22.1 Å². The fraction of sp³-hybridized carbons (Fsp3) is 0.643. The Morgan fingerprint density at radius 3 is 3.15 bits per heavy atom. The molecule has 2 rings (SSSR count). The van der Waals surface area contributed by atoms with E-state index in [1.54, 1.807) is 12.1 Å². The van der Waals surface area contributed by atoms with Gasteiger partial charge in [-0.2, -0.15) is 0 Å². The van der Waals surface area contributed by atoms with E-state index in [9.17, 15) is 10.1 Å². The minimum Gasteiger partial charge on any atom is -0.378 e. The Morgan fingerprint density at radius 1 is 1.55 bits per heavy atom. The molecule has 110 valence electrons. The van der Waals surface area contributed by atoms with Gasteiger partial charge in [0.2, 0.25) is 0 Å². The van der Waals surface area contributed by atoms with Gasteiger partial charge >= 0.3 is 5.82 Å². The quantitative estimate of drug-likeness (QED) is 0.492. The molecule has 1 saturated heterocycles. The van der Waals surface area contributed by atoms with E-state index in [-0.39, 0.29) is 5.82 Å². The van der Waals surface area contributed by atoms with E-state index in [0.717, 1.165) is 19.5 Å². The zero-order valence-corrected chi connectivity index (χ0v) is 11.9. The Kier molecular flexibility index (Phi) is 5.29. The van der Waals surface area contributed by atoms with Crippen molar-refractivity contribution in [2.45, 2.75) is 38.6 Å². The molecule has 1 aromatic rings. The normalized spacial score (nSPS) is 19.8. The van der Waals surface area contributed by atoms with E-state index in [1.165, 1.54) is 32.0 Å². The Morgan fingerprint density at radius 2 is 2.40 bits per heavy atom. The molecule has 6 nitrogen and oxygen atoms in total. The van der Waals surface area contributed by atoms with E-state index < -0.39 is 4.92 Å². The summed E-state index contributed by atoms with van der Waals surface area (Å²) in [5, 5.41) is 14.0. The summed E-state index contributed by atoms with van der Waals surface area (Å²) in [6, 6.07) is 4.08. The van der Waals surface area contributed by atoms with Crippen LogP contribution >= 0.6 is 0 Å². The fourth-order valence-electron chi connectivity index (χ4n) is 2.68. The van der Waals surface area contributed by atoms with Crippen molar-refractivity contribution in [2.24, 2.45) is 0 Å². The smallest absolute Gasteiger partial charge is 0.378 e. The van der Waals surface area contributed by atoms with Gasteiger partial charge in [-0.1, -0.05) is 6.42 Å². The lowest BCUT2D eigenvalue weighted by atomic mass is 10.0. The monoisotopic (exact) mass is 278 g/mol. The first kappa shape index (κ1) is 14.7. The van der Waals surface area contributed by atoms with Crippen molar-refractivity contribution in [2.75, 3.05) is 25.0 Å². The fourth-order valence-corrected chi connectivity index (χ4v) is 2.68. The second-order valence-electron chi connectivity index (χ2n) is 5.29. The van der Waals surface area contributed by atoms with Gasteiger partial charge < -0.3 is 20.3 Å². The summed E-state index contributed by atoms with van der Waals surface area (Å²) in [6.45, 7) is 5.23. The van der Waals surface area contributed by atoms with Gasteiger partial charge in [0.05, 0.1) is 0 Å². The summed E-state index contributed by atoms with van der Waals surface area (Å²) in [5.41, 5.74) is 0.504. The number of nitrogens with one attached hydrogen (secondary N) is 1. The summed E-state index contributed by atoms with van der Waals surface area (Å²) in [4.78, 5) is 16.7. The van der Waals surface area contributed by atoms with Crippen LogP contribution in [-0.4, -0.2) is 40.5 Å². The predicted octanol–water partition coefficient (Wildman–Crippen LogP) is 2.67. The summed E-state index contributed by atoms with van der Waals surface area (Å²) in [6.07, 6.45) is 6.32. The summed E-state index contributed by atoms with van der Waals surface area (Å²) in [5.74, 6) is -0.0983. The summed E-state index contributed by atoms with van der Waals surface area (Å²) >= 11 is 0. The number of pyridine rings is 1. The van der Waals surface area contributed by atoms with Crippen molar-refractivity contribution < 1.29 is 4.92 Å². The molecule has 1 fully saturated rings. The molecule has 1 unspecified atom stereocenters. The number of nitro groups is 1. The van der Waals surface area contributed by atoms with Gasteiger partial charge in [0, 0.05) is 19.1 Å². The molecule has 2 heterocycles. The molecule has 0 radical (unpaired) electrons. The first-order valence-corrected chi connectivity index (χ1v) is 7.26. The van der Waals surface area contributed by atoms with Gasteiger partial charge in [-0.25, -0.2) is 0 Å². The topological polar surface area (TPSA) is 71.3 Å². The van der Waals surface area contributed by atoms with E-state index in [1.807, 2.05) is 0 Å². The minimum absolute atomic E-state index is 0.0983. The highest BCUT2D eigenvalue weighted by Crippen LogP contribution is 2.20. The Bertz CT molecular complexity index is 453. The van der Waals surface area contributed by atoms with Crippen molar-refractivity contribution in [3.05, 3.63) is 28.4 Å². The van der Waals surface area contributed by atoms with Crippen molar-refractivity contribution in [1.82, 2.24) is 9.88 Å². The summed E-state index contributed by atoms with van der Waals surface area (Å²) in [7, 11) is 0. The van der Waals surface area contributed by atoms with Crippen molar-refractivity contribution in [3.63, 3.8) is 0 Å². The third-order valence-electron chi connectivity index (χ3n) is 3.84. The molecule has 1 atom stereocenters.